The Bertz CT molecular complexity index is 1900. The van der Waals surface area contributed by atoms with Gasteiger partial charge in [0, 0.05) is 61.6 Å². The molecule has 6 rings (SSSR count). The zero-order chi connectivity index (χ0) is 37.8. The molecule has 13 heteroatoms. The molecule has 0 radical (unpaired) electrons. The molecule has 3 aromatic carbocycles. The lowest BCUT2D eigenvalue weighted by Gasteiger charge is -2.37. The largest absolute Gasteiger partial charge is 0.497 e. The van der Waals surface area contributed by atoms with Crippen LogP contribution in [0.1, 0.15) is 43.9 Å². The average Bonchev–Trinajstić information content (AvgIpc) is 3.82. The second kappa shape index (κ2) is 16.0. The fourth-order valence-electron chi connectivity index (χ4n) is 8.38. The maximum Gasteiger partial charge on any atom is 0.305 e. The lowest BCUT2D eigenvalue weighted by molar-refractivity contribution is -0.146. The Morgan fingerprint density at radius 2 is 1.79 bits per heavy atom. The van der Waals surface area contributed by atoms with Gasteiger partial charge in [-0.2, -0.15) is 0 Å². The molecule has 0 unspecified atom stereocenters. The van der Waals surface area contributed by atoms with E-state index >= 15 is 4.79 Å². The fraction of sp³-hybridized carbons (Fsp3) is 0.425. The third kappa shape index (κ3) is 7.25. The Morgan fingerprint density at radius 3 is 2.47 bits per heavy atom. The van der Waals surface area contributed by atoms with E-state index in [9.17, 15) is 14.7 Å². The Labute approximate surface area is 311 Å². The van der Waals surface area contributed by atoms with Crippen LogP contribution in [0.3, 0.4) is 0 Å². The highest BCUT2D eigenvalue weighted by Crippen LogP contribution is 2.60. The molecule has 0 bridgehead atoms. The van der Waals surface area contributed by atoms with Crippen LogP contribution in [0.15, 0.2) is 79.0 Å². The summed E-state index contributed by atoms with van der Waals surface area (Å²) in [5, 5.41) is 19.2. The minimum Gasteiger partial charge on any atom is -0.497 e. The molecule has 0 saturated carbocycles. The van der Waals surface area contributed by atoms with Gasteiger partial charge in [0.2, 0.25) is 6.41 Å². The van der Waals surface area contributed by atoms with Gasteiger partial charge in [0.15, 0.2) is 5.60 Å². The van der Waals surface area contributed by atoms with Gasteiger partial charge in [-0.1, -0.05) is 60.7 Å². The molecule has 1 fully saturated rings. The van der Waals surface area contributed by atoms with Crippen LogP contribution in [0, 0.1) is 5.92 Å². The normalized spacial score (nSPS) is 20.8. The smallest absolute Gasteiger partial charge is 0.305 e. The van der Waals surface area contributed by atoms with Crippen molar-refractivity contribution in [1.82, 2.24) is 15.0 Å². The van der Waals surface area contributed by atoms with Gasteiger partial charge in [0.05, 0.1) is 39.8 Å². The monoisotopic (exact) mass is 739 g/mol. The number of anilines is 3. The summed E-state index contributed by atoms with van der Waals surface area (Å²) in [6, 6.07) is 23.4. The average molecular weight is 740 g/mol. The highest BCUT2D eigenvalue weighted by atomic mass is 28.3. The lowest BCUT2D eigenvalue weighted by atomic mass is 9.82. The summed E-state index contributed by atoms with van der Waals surface area (Å²) < 4.78 is 19.4. The second-order valence-corrected chi connectivity index (χ2v) is 19.1. The summed E-state index contributed by atoms with van der Waals surface area (Å²) in [6.07, 6.45) is 4.75. The van der Waals surface area contributed by atoms with Crippen LogP contribution >= 0.6 is 0 Å². The maximum atomic E-state index is 15.2. The van der Waals surface area contributed by atoms with Crippen LogP contribution in [0.4, 0.5) is 17.1 Å². The standard InChI is InChI=1S/C40H49N5O7Si/c1-28-38(53(4,5)33-17-15-32(50-2)16-18-33)36(20-23-43-26-29(21-24-46)41-42-43)52-40(28)34-25-31(45(27-47)30-11-7-6-8-12-30)14-19-35(34)44(39(40)49)22-10-9-13-37(48)51-3/h6-8,11-12,14-19,25-28,36,38,46H,9-10,13,20-24H2,1-5H3/t28-,36+,38-,40+/m0/s1. The molecule has 1 spiro atoms. The minimum atomic E-state index is -2.41. The van der Waals surface area contributed by atoms with Gasteiger partial charge in [0.1, 0.15) is 5.75 Å². The van der Waals surface area contributed by atoms with Crippen molar-refractivity contribution in [3.63, 3.8) is 0 Å². The first-order chi connectivity index (χ1) is 25.6. The van der Waals surface area contributed by atoms with E-state index in [1.807, 2.05) is 66.9 Å². The van der Waals surface area contributed by atoms with Crippen molar-refractivity contribution in [3.8, 4) is 5.75 Å². The number of ether oxygens (including phenoxy) is 3. The first-order valence-corrected chi connectivity index (χ1v) is 21.3. The van der Waals surface area contributed by atoms with Crippen LogP contribution in [0.5, 0.6) is 5.75 Å². The summed E-state index contributed by atoms with van der Waals surface area (Å²) in [5.74, 6) is 0.111. The number of carbonyl (C=O) groups is 3. The van der Waals surface area contributed by atoms with Crippen molar-refractivity contribution in [3.05, 3.63) is 90.3 Å². The third-order valence-corrected chi connectivity index (χ3v) is 15.4. The van der Waals surface area contributed by atoms with Gasteiger partial charge >= 0.3 is 5.97 Å². The number of fused-ring (bicyclic) bond motifs is 2. The number of aliphatic hydroxyl groups is 1. The summed E-state index contributed by atoms with van der Waals surface area (Å²) in [6.45, 7) is 7.72. The van der Waals surface area contributed by atoms with E-state index in [0.29, 0.717) is 55.8 Å². The van der Waals surface area contributed by atoms with Crippen LogP contribution in [0.25, 0.3) is 0 Å². The molecule has 2 amide bonds. The third-order valence-electron chi connectivity index (χ3n) is 11.1. The topological polar surface area (TPSA) is 136 Å². The van der Waals surface area contributed by atoms with Gasteiger partial charge in [-0.3, -0.25) is 24.0 Å². The van der Waals surface area contributed by atoms with Crippen LogP contribution in [-0.4, -0.2) is 79.9 Å². The Morgan fingerprint density at radius 1 is 1.04 bits per heavy atom. The van der Waals surface area contributed by atoms with Crippen LogP contribution < -0.4 is 19.7 Å². The van der Waals surface area contributed by atoms with E-state index in [2.05, 4.69) is 42.5 Å². The predicted molar refractivity (Wildman–Crippen MR) is 204 cm³/mol. The minimum absolute atomic E-state index is 0.00708. The van der Waals surface area contributed by atoms with Crippen LogP contribution in [-0.2, 0) is 42.4 Å². The molecule has 12 nitrogen and oxygen atoms in total. The molecular weight excluding hydrogens is 691 g/mol. The number of hydrogen-bond donors (Lipinski definition) is 1. The van der Waals surface area contributed by atoms with E-state index in [-0.39, 0.29) is 42.5 Å². The number of rotatable bonds is 16. The number of methoxy groups -OCH3 is 2. The molecule has 4 aromatic rings. The van der Waals surface area contributed by atoms with Gasteiger partial charge in [-0.05, 0) is 67.3 Å². The summed E-state index contributed by atoms with van der Waals surface area (Å²) >= 11 is 0. The summed E-state index contributed by atoms with van der Waals surface area (Å²) in [7, 11) is 0.621. The van der Waals surface area contributed by atoms with Crippen molar-refractivity contribution in [2.75, 3.05) is 37.2 Å². The van der Waals surface area contributed by atoms with Crippen molar-refractivity contribution in [2.45, 2.75) is 75.9 Å². The number of unbranched alkanes of at least 4 members (excludes halogenated alkanes) is 1. The molecule has 1 N–H and O–H groups in total. The van der Waals surface area contributed by atoms with Gasteiger partial charge in [-0.15, -0.1) is 5.10 Å². The molecule has 3 heterocycles. The van der Waals surface area contributed by atoms with E-state index in [4.69, 9.17) is 14.2 Å². The molecular formula is C40H49N5O7Si. The number of aliphatic hydroxyl groups excluding tert-OH is 1. The van der Waals surface area contributed by atoms with Crippen molar-refractivity contribution >= 4 is 48.6 Å². The zero-order valence-electron chi connectivity index (χ0n) is 31.1. The van der Waals surface area contributed by atoms with Gasteiger partial charge < -0.3 is 24.2 Å². The number of para-hydroxylation sites is 1. The summed E-state index contributed by atoms with van der Waals surface area (Å²) in [5.41, 5.74) is 2.20. The molecule has 4 atom stereocenters. The first-order valence-electron chi connectivity index (χ1n) is 18.2. The molecule has 1 aromatic heterocycles. The van der Waals surface area contributed by atoms with Crippen molar-refractivity contribution in [2.24, 2.45) is 5.92 Å². The Balaban J connectivity index is 1.44. The van der Waals surface area contributed by atoms with Crippen molar-refractivity contribution < 1.29 is 33.7 Å². The maximum absolute atomic E-state index is 15.2. The number of aryl methyl sites for hydroxylation is 1. The molecule has 2 aliphatic heterocycles. The number of amides is 2. The second-order valence-electron chi connectivity index (χ2n) is 14.4. The quantitative estimate of drug-likeness (QED) is 0.0720. The highest BCUT2D eigenvalue weighted by molar-refractivity contribution is 6.91. The number of benzene rings is 3. The molecule has 53 heavy (non-hydrogen) atoms. The zero-order valence-corrected chi connectivity index (χ0v) is 32.1. The van der Waals surface area contributed by atoms with Crippen LogP contribution in [0.2, 0.25) is 18.6 Å². The Kier molecular flexibility index (Phi) is 11.5. The van der Waals surface area contributed by atoms with Gasteiger partial charge in [-0.25, -0.2) is 0 Å². The molecule has 1 saturated heterocycles. The number of nitrogens with zero attached hydrogens (tertiary/aromatic N) is 5. The molecule has 0 aliphatic carbocycles. The van der Waals surface area contributed by atoms with E-state index in [1.165, 1.54) is 12.3 Å². The number of esters is 1. The van der Waals surface area contributed by atoms with Crippen molar-refractivity contribution in [1.29, 1.82) is 0 Å². The highest BCUT2D eigenvalue weighted by Gasteiger charge is 2.66. The fourth-order valence-corrected chi connectivity index (χ4v) is 12.4. The number of aromatic nitrogens is 3. The number of hydrogen-bond acceptors (Lipinski definition) is 9. The SMILES string of the molecule is COC(=O)CCCCN1C(=O)[C@]2(O[C@H](CCn3cc(CCO)nn3)[C@@H]([Si](C)(C)c3ccc(OC)cc3)[C@@H]2C)c2cc(N(C=O)c3ccccc3)ccc21. The van der Waals surface area contributed by atoms with E-state index in [1.54, 1.807) is 21.6 Å². The summed E-state index contributed by atoms with van der Waals surface area (Å²) in [4.78, 5) is 43.1. The van der Waals surface area contributed by atoms with E-state index in [0.717, 1.165) is 23.4 Å². The Hall–Kier alpha value is -4.85. The molecule has 2 aliphatic rings. The molecule has 280 valence electrons. The lowest BCUT2D eigenvalue weighted by Crippen LogP contribution is -2.52. The number of carbonyl (C=O) groups excluding carboxylic acids is 3. The van der Waals surface area contributed by atoms with Gasteiger partial charge in [0.25, 0.3) is 5.91 Å². The van der Waals surface area contributed by atoms with E-state index < -0.39 is 13.7 Å². The predicted octanol–water partition coefficient (Wildman–Crippen LogP) is 5.11. The first kappa shape index (κ1) is 37.9.